The molecule has 2 fully saturated rings. The van der Waals surface area contributed by atoms with Crippen molar-refractivity contribution < 1.29 is 23.8 Å². The fraction of sp³-hybridized carbons (Fsp3) is 0.909. The number of amides is 2. The molecule has 0 aromatic heterocycles. The maximum Gasteiger partial charge on any atom is 0.457 e. The van der Waals surface area contributed by atoms with Gasteiger partial charge >= 0.3 is 7.12 Å². The van der Waals surface area contributed by atoms with E-state index in [4.69, 9.17) is 9.31 Å². The van der Waals surface area contributed by atoms with Crippen molar-refractivity contribution in [3.8, 4) is 0 Å². The molecular formula is C22H40BN3O6. The molecule has 3 atom stereocenters. The minimum atomic E-state index is -1.16. The fourth-order valence-corrected chi connectivity index (χ4v) is 4.89. The van der Waals surface area contributed by atoms with Crippen LogP contribution in [0.4, 0.5) is 0 Å². The number of carbonyl (C=O) groups excluding carboxylic acids is 2. The van der Waals surface area contributed by atoms with Crippen molar-refractivity contribution in [3.63, 3.8) is 0 Å². The van der Waals surface area contributed by atoms with Gasteiger partial charge in [0.05, 0.1) is 11.2 Å². The molecule has 0 spiro atoms. The minimum absolute atomic E-state index is 0.207. The topological polar surface area (TPSA) is 120 Å². The second kappa shape index (κ2) is 9.29. The Kier molecular flexibility index (Phi) is 7.72. The van der Waals surface area contributed by atoms with Crippen LogP contribution in [0.3, 0.4) is 0 Å². The van der Waals surface area contributed by atoms with E-state index >= 15 is 0 Å². The maximum atomic E-state index is 13.4. The Morgan fingerprint density at radius 3 is 2.19 bits per heavy atom. The maximum absolute atomic E-state index is 13.4. The predicted octanol–water partition coefficient (Wildman–Crippen LogP) is 2.95. The molecule has 182 valence electrons. The van der Waals surface area contributed by atoms with Gasteiger partial charge in [-0.2, -0.15) is 0 Å². The SMILES string of the molecule is CC(=O)N[C@@]1(C(=O)NC(C)(C)C)C[C@@H](C[N+](=O)[O-])C[C@@H]1CCCB1OC(C)(C)C(C)(C)O1. The predicted molar refractivity (Wildman–Crippen MR) is 123 cm³/mol. The van der Waals surface area contributed by atoms with E-state index in [-0.39, 0.29) is 48.7 Å². The van der Waals surface area contributed by atoms with Crippen molar-refractivity contribution in [2.24, 2.45) is 11.8 Å². The Balaban J connectivity index is 2.18. The van der Waals surface area contributed by atoms with Crippen molar-refractivity contribution in [3.05, 3.63) is 10.1 Å². The van der Waals surface area contributed by atoms with Gasteiger partial charge in [0, 0.05) is 23.3 Å². The summed E-state index contributed by atoms with van der Waals surface area (Å²) in [5.41, 5.74) is -2.46. The molecule has 2 amide bonds. The van der Waals surface area contributed by atoms with Crippen LogP contribution in [0.5, 0.6) is 0 Å². The van der Waals surface area contributed by atoms with Crippen molar-refractivity contribution in [2.45, 2.75) is 110 Å². The number of carbonyl (C=O) groups is 2. The van der Waals surface area contributed by atoms with E-state index in [0.717, 1.165) is 6.42 Å². The average molecular weight is 453 g/mol. The molecule has 2 N–H and O–H groups in total. The first kappa shape index (κ1) is 26.6. The van der Waals surface area contributed by atoms with Crippen molar-refractivity contribution in [1.29, 1.82) is 0 Å². The molecule has 1 aliphatic heterocycles. The Bertz CT molecular complexity index is 720. The highest BCUT2D eigenvalue weighted by atomic mass is 16.7. The monoisotopic (exact) mass is 453 g/mol. The van der Waals surface area contributed by atoms with E-state index in [0.29, 0.717) is 19.2 Å². The summed E-state index contributed by atoms with van der Waals surface area (Å²) in [5, 5.41) is 17.1. The van der Waals surface area contributed by atoms with Crippen LogP contribution in [0.2, 0.25) is 6.32 Å². The Hall–Kier alpha value is -1.68. The summed E-state index contributed by atoms with van der Waals surface area (Å²) >= 11 is 0. The Morgan fingerprint density at radius 1 is 1.16 bits per heavy atom. The zero-order valence-corrected chi connectivity index (χ0v) is 20.9. The number of hydrogen-bond donors (Lipinski definition) is 2. The zero-order chi connectivity index (χ0) is 24.5. The minimum Gasteiger partial charge on any atom is -0.403 e. The summed E-state index contributed by atoms with van der Waals surface area (Å²) in [6.45, 7) is 14.8. The molecule has 2 aliphatic rings. The standard InChI is InChI=1S/C22H40BN3O6/c1-15(27)24-22(18(28)25-19(2,3)4)13-16(14-26(29)30)12-17(22)10-9-11-23-31-20(5,6)21(7,8)32-23/h16-17H,9-14H2,1-8H3,(H,24,27)(H,25,28)/t16-,17-,22-/m0/s1. The lowest BCUT2D eigenvalue weighted by molar-refractivity contribution is -0.488. The third-order valence-corrected chi connectivity index (χ3v) is 6.92. The van der Waals surface area contributed by atoms with Gasteiger partial charge in [0.15, 0.2) is 0 Å². The number of hydrogen-bond acceptors (Lipinski definition) is 6. The smallest absolute Gasteiger partial charge is 0.403 e. The molecule has 32 heavy (non-hydrogen) atoms. The average Bonchev–Trinajstić information content (AvgIpc) is 2.99. The molecule has 0 radical (unpaired) electrons. The van der Waals surface area contributed by atoms with Gasteiger partial charge in [-0.3, -0.25) is 19.7 Å². The summed E-state index contributed by atoms with van der Waals surface area (Å²) in [5.74, 6) is -1.07. The summed E-state index contributed by atoms with van der Waals surface area (Å²) in [7, 11) is -0.338. The third-order valence-electron chi connectivity index (χ3n) is 6.92. The second-order valence-electron chi connectivity index (χ2n) is 11.5. The van der Waals surface area contributed by atoms with E-state index < -0.39 is 22.3 Å². The Morgan fingerprint density at radius 2 is 1.72 bits per heavy atom. The van der Waals surface area contributed by atoms with Crippen molar-refractivity contribution in [2.75, 3.05) is 6.54 Å². The van der Waals surface area contributed by atoms with Gasteiger partial charge in [0.2, 0.25) is 18.4 Å². The summed E-state index contributed by atoms with van der Waals surface area (Å²) in [6, 6.07) is 0. The van der Waals surface area contributed by atoms with Crippen LogP contribution in [0.1, 0.15) is 81.1 Å². The molecule has 0 unspecified atom stereocenters. The van der Waals surface area contributed by atoms with Gasteiger partial charge < -0.3 is 19.9 Å². The molecule has 1 aliphatic carbocycles. The summed E-state index contributed by atoms with van der Waals surface area (Å²) < 4.78 is 12.1. The van der Waals surface area contributed by atoms with Crippen LogP contribution in [0.15, 0.2) is 0 Å². The zero-order valence-electron chi connectivity index (χ0n) is 20.9. The van der Waals surface area contributed by atoms with Gasteiger partial charge in [-0.05, 0) is 80.0 Å². The first-order valence-electron chi connectivity index (χ1n) is 11.6. The van der Waals surface area contributed by atoms with E-state index in [1.54, 1.807) is 0 Å². The van der Waals surface area contributed by atoms with Crippen molar-refractivity contribution in [1.82, 2.24) is 10.6 Å². The summed E-state index contributed by atoms with van der Waals surface area (Å²) in [4.78, 5) is 36.4. The highest BCUT2D eigenvalue weighted by Crippen LogP contribution is 2.44. The molecule has 10 heteroatoms. The van der Waals surface area contributed by atoms with Gasteiger partial charge in [0.25, 0.3) is 0 Å². The number of rotatable bonds is 8. The van der Waals surface area contributed by atoms with Crippen LogP contribution in [-0.2, 0) is 18.9 Å². The molecule has 0 aromatic rings. The Labute approximate surface area is 192 Å². The van der Waals surface area contributed by atoms with Crippen LogP contribution < -0.4 is 10.6 Å². The molecule has 0 aromatic carbocycles. The van der Waals surface area contributed by atoms with Crippen LogP contribution in [-0.4, -0.2) is 52.7 Å². The number of nitrogens with one attached hydrogen (secondary N) is 2. The quantitative estimate of drug-likeness (QED) is 0.331. The van der Waals surface area contributed by atoms with Gasteiger partial charge in [-0.15, -0.1) is 0 Å². The van der Waals surface area contributed by atoms with Gasteiger partial charge in [0.1, 0.15) is 5.54 Å². The highest BCUT2D eigenvalue weighted by Gasteiger charge is 2.55. The molecule has 2 rings (SSSR count). The fourth-order valence-electron chi connectivity index (χ4n) is 4.89. The van der Waals surface area contributed by atoms with Gasteiger partial charge in [-0.25, -0.2) is 0 Å². The molecule has 1 saturated carbocycles. The highest BCUT2D eigenvalue weighted by molar-refractivity contribution is 6.45. The number of nitrogens with zero attached hydrogens (tertiary/aromatic N) is 1. The van der Waals surface area contributed by atoms with E-state index in [1.165, 1.54) is 6.92 Å². The first-order chi connectivity index (χ1) is 14.5. The van der Waals surface area contributed by atoms with Crippen molar-refractivity contribution >= 4 is 18.9 Å². The lowest BCUT2D eigenvalue weighted by Gasteiger charge is -2.37. The van der Waals surface area contributed by atoms with Crippen LogP contribution in [0.25, 0.3) is 0 Å². The molecule has 1 heterocycles. The van der Waals surface area contributed by atoms with Crippen LogP contribution in [0, 0.1) is 22.0 Å². The van der Waals surface area contributed by atoms with Crippen LogP contribution >= 0.6 is 0 Å². The van der Waals surface area contributed by atoms with E-state index in [1.807, 2.05) is 48.5 Å². The van der Waals surface area contributed by atoms with E-state index in [2.05, 4.69) is 10.6 Å². The lowest BCUT2D eigenvalue weighted by atomic mass is 9.77. The van der Waals surface area contributed by atoms with Gasteiger partial charge in [-0.1, -0.05) is 6.42 Å². The summed E-state index contributed by atoms with van der Waals surface area (Å²) in [6.07, 6.45) is 2.78. The molecule has 0 bridgehead atoms. The molecular weight excluding hydrogens is 413 g/mol. The molecule has 1 saturated heterocycles. The normalized spacial score (nSPS) is 29.1. The molecule has 9 nitrogen and oxygen atoms in total. The lowest BCUT2D eigenvalue weighted by Crippen LogP contribution is -2.63. The van der Waals surface area contributed by atoms with E-state index in [9.17, 15) is 19.7 Å². The third kappa shape index (κ3) is 6.22. The first-order valence-corrected chi connectivity index (χ1v) is 11.6. The second-order valence-corrected chi connectivity index (χ2v) is 11.5. The number of nitro groups is 1. The largest absolute Gasteiger partial charge is 0.457 e.